The summed E-state index contributed by atoms with van der Waals surface area (Å²) in [6.07, 6.45) is 0. The largest absolute Gasteiger partial charge is 0.452 e. The number of rotatable bonds is 6. The summed E-state index contributed by atoms with van der Waals surface area (Å²) in [4.78, 5) is 49.6. The number of esters is 1. The van der Waals surface area contributed by atoms with Crippen LogP contribution in [0.4, 0.5) is 0 Å². The number of carbonyl (C=O) groups is 4. The lowest BCUT2D eigenvalue weighted by atomic mass is 9.82. The van der Waals surface area contributed by atoms with E-state index in [9.17, 15) is 19.2 Å². The average Bonchev–Trinajstić information content (AvgIpc) is 2.70. The Morgan fingerprint density at radius 2 is 1.59 bits per heavy atom. The monoisotopic (exact) mass is 367 g/mol. The molecule has 0 unspecified atom stereocenters. The van der Waals surface area contributed by atoms with Gasteiger partial charge in [0.25, 0.3) is 5.91 Å². The lowest BCUT2D eigenvalue weighted by Crippen LogP contribution is -2.32. The van der Waals surface area contributed by atoms with Crippen LogP contribution in [0.25, 0.3) is 0 Å². The molecule has 0 bridgehead atoms. The molecule has 0 spiro atoms. The minimum Gasteiger partial charge on any atom is -0.452 e. The fourth-order valence-corrected chi connectivity index (χ4v) is 2.87. The summed E-state index contributed by atoms with van der Waals surface area (Å²) in [7, 11) is 1.50. The molecule has 7 heteroatoms. The average molecular weight is 367 g/mol. The van der Waals surface area contributed by atoms with Crippen LogP contribution >= 0.6 is 0 Å². The molecule has 1 amide bonds. The summed E-state index contributed by atoms with van der Waals surface area (Å²) in [6, 6.07) is 10.9. The summed E-state index contributed by atoms with van der Waals surface area (Å²) in [5, 5.41) is 2.52. The zero-order valence-electron chi connectivity index (χ0n) is 14.6. The quantitative estimate of drug-likeness (QED) is 0.522. The van der Waals surface area contributed by atoms with Gasteiger partial charge in [-0.05, 0) is 6.07 Å². The Morgan fingerprint density at radius 1 is 0.926 bits per heavy atom. The SMILES string of the molecule is COCCNC(=O)COC(=O)c1cccc2c1C(=O)c1ccccc1C2=O. The fraction of sp³-hybridized carbons (Fsp3) is 0.200. The molecular formula is C20H17NO6. The van der Waals surface area contributed by atoms with Gasteiger partial charge in [-0.15, -0.1) is 0 Å². The zero-order chi connectivity index (χ0) is 19.4. The Kier molecular flexibility index (Phi) is 5.42. The van der Waals surface area contributed by atoms with E-state index in [0.29, 0.717) is 12.2 Å². The topological polar surface area (TPSA) is 98.8 Å². The number of ether oxygens (including phenoxy) is 2. The highest BCUT2D eigenvalue weighted by molar-refractivity contribution is 6.30. The van der Waals surface area contributed by atoms with E-state index in [0.717, 1.165) is 0 Å². The van der Waals surface area contributed by atoms with E-state index in [-0.39, 0.29) is 34.6 Å². The molecule has 1 aliphatic rings. The maximum Gasteiger partial charge on any atom is 0.339 e. The van der Waals surface area contributed by atoms with Gasteiger partial charge < -0.3 is 14.8 Å². The Bertz CT molecular complexity index is 934. The van der Waals surface area contributed by atoms with Crippen molar-refractivity contribution in [2.45, 2.75) is 0 Å². The number of carbonyl (C=O) groups excluding carboxylic acids is 4. The number of ketones is 2. The van der Waals surface area contributed by atoms with Crippen molar-refractivity contribution in [2.24, 2.45) is 0 Å². The van der Waals surface area contributed by atoms with Crippen LogP contribution in [0.15, 0.2) is 42.5 Å². The van der Waals surface area contributed by atoms with Crippen molar-refractivity contribution in [2.75, 3.05) is 26.9 Å². The van der Waals surface area contributed by atoms with Crippen molar-refractivity contribution in [1.29, 1.82) is 0 Å². The maximum absolute atomic E-state index is 12.8. The molecule has 0 heterocycles. The van der Waals surface area contributed by atoms with Crippen molar-refractivity contribution in [3.8, 4) is 0 Å². The predicted octanol–water partition coefficient (Wildman–Crippen LogP) is 1.38. The molecule has 0 fully saturated rings. The Labute approximate surface area is 155 Å². The van der Waals surface area contributed by atoms with Gasteiger partial charge in [-0.1, -0.05) is 36.4 Å². The molecule has 2 aromatic rings. The van der Waals surface area contributed by atoms with Crippen LogP contribution in [0.1, 0.15) is 42.2 Å². The van der Waals surface area contributed by atoms with E-state index in [2.05, 4.69) is 5.32 Å². The normalized spacial score (nSPS) is 12.2. The molecule has 3 rings (SSSR count). The molecular weight excluding hydrogens is 350 g/mol. The van der Waals surface area contributed by atoms with Gasteiger partial charge in [0.1, 0.15) is 0 Å². The van der Waals surface area contributed by atoms with Crippen LogP contribution in [0, 0.1) is 0 Å². The smallest absolute Gasteiger partial charge is 0.339 e. The van der Waals surface area contributed by atoms with Crippen LogP contribution in [0.5, 0.6) is 0 Å². The summed E-state index contributed by atoms with van der Waals surface area (Å²) in [5.41, 5.74) is 0.666. The molecule has 0 aliphatic heterocycles. The standard InChI is InChI=1S/C20H17NO6/c1-26-10-9-21-16(22)11-27-20(25)15-8-4-7-14-17(15)19(24)13-6-3-2-5-12(13)18(14)23/h2-8H,9-11H2,1H3,(H,21,22). The van der Waals surface area contributed by atoms with Crippen LogP contribution in [-0.4, -0.2) is 50.3 Å². The van der Waals surface area contributed by atoms with E-state index >= 15 is 0 Å². The Balaban J connectivity index is 1.82. The highest BCUT2D eigenvalue weighted by atomic mass is 16.5. The summed E-state index contributed by atoms with van der Waals surface area (Å²) >= 11 is 0. The third-order valence-corrected chi connectivity index (χ3v) is 4.14. The first-order valence-electron chi connectivity index (χ1n) is 8.28. The van der Waals surface area contributed by atoms with Crippen molar-refractivity contribution < 1.29 is 28.7 Å². The second-order valence-corrected chi connectivity index (χ2v) is 5.85. The van der Waals surface area contributed by atoms with Crippen molar-refractivity contribution in [1.82, 2.24) is 5.32 Å². The summed E-state index contributed by atoms with van der Waals surface area (Å²) in [5.74, 6) is -2.07. The highest BCUT2D eigenvalue weighted by Crippen LogP contribution is 2.29. The first-order valence-corrected chi connectivity index (χ1v) is 8.28. The van der Waals surface area contributed by atoms with Crippen molar-refractivity contribution in [3.63, 3.8) is 0 Å². The van der Waals surface area contributed by atoms with Gasteiger partial charge >= 0.3 is 5.97 Å². The second-order valence-electron chi connectivity index (χ2n) is 5.85. The van der Waals surface area contributed by atoms with Crippen LogP contribution < -0.4 is 5.32 Å². The molecule has 0 atom stereocenters. The first kappa shape index (κ1) is 18.5. The molecule has 1 aliphatic carbocycles. The number of benzene rings is 2. The lowest BCUT2D eigenvalue weighted by molar-refractivity contribution is -0.124. The summed E-state index contributed by atoms with van der Waals surface area (Å²) < 4.78 is 9.81. The summed E-state index contributed by atoms with van der Waals surface area (Å²) in [6.45, 7) is 0.129. The number of methoxy groups -OCH3 is 1. The number of amides is 1. The van der Waals surface area contributed by atoms with Gasteiger partial charge in [-0.2, -0.15) is 0 Å². The molecule has 138 valence electrons. The van der Waals surface area contributed by atoms with Gasteiger partial charge in [-0.3, -0.25) is 14.4 Å². The number of hydrogen-bond donors (Lipinski definition) is 1. The molecule has 2 aromatic carbocycles. The zero-order valence-corrected chi connectivity index (χ0v) is 14.6. The van der Waals surface area contributed by atoms with E-state index in [1.807, 2.05) is 0 Å². The number of nitrogens with one attached hydrogen (secondary N) is 1. The van der Waals surface area contributed by atoms with Gasteiger partial charge in [0.15, 0.2) is 18.2 Å². The Hall–Kier alpha value is -3.32. The molecule has 0 aromatic heterocycles. The van der Waals surface area contributed by atoms with E-state index in [1.165, 1.54) is 25.3 Å². The van der Waals surface area contributed by atoms with Gasteiger partial charge in [0.2, 0.25) is 0 Å². The minimum absolute atomic E-state index is 0.00555. The molecule has 1 N–H and O–H groups in total. The Morgan fingerprint density at radius 3 is 2.30 bits per heavy atom. The second kappa shape index (κ2) is 7.92. The third kappa shape index (κ3) is 3.63. The third-order valence-electron chi connectivity index (χ3n) is 4.14. The van der Waals surface area contributed by atoms with Gasteiger partial charge in [0, 0.05) is 35.9 Å². The lowest BCUT2D eigenvalue weighted by Gasteiger charge is -2.19. The van der Waals surface area contributed by atoms with Crippen LogP contribution in [-0.2, 0) is 14.3 Å². The predicted molar refractivity (Wildman–Crippen MR) is 94.9 cm³/mol. The minimum atomic E-state index is -0.839. The first-order chi connectivity index (χ1) is 13.0. The van der Waals surface area contributed by atoms with Crippen LogP contribution in [0.3, 0.4) is 0 Å². The molecule has 0 saturated heterocycles. The fourth-order valence-electron chi connectivity index (χ4n) is 2.87. The highest BCUT2D eigenvalue weighted by Gasteiger charge is 2.33. The molecule has 27 heavy (non-hydrogen) atoms. The maximum atomic E-state index is 12.8. The molecule has 7 nitrogen and oxygen atoms in total. The van der Waals surface area contributed by atoms with E-state index < -0.39 is 24.3 Å². The van der Waals surface area contributed by atoms with E-state index in [4.69, 9.17) is 9.47 Å². The van der Waals surface area contributed by atoms with Crippen molar-refractivity contribution in [3.05, 3.63) is 70.3 Å². The van der Waals surface area contributed by atoms with Crippen molar-refractivity contribution >= 4 is 23.4 Å². The number of hydrogen-bond acceptors (Lipinski definition) is 6. The van der Waals surface area contributed by atoms with Gasteiger partial charge in [0.05, 0.1) is 12.2 Å². The number of fused-ring (bicyclic) bond motifs is 2. The van der Waals surface area contributed by atoms with E-state index in [1.54, 1.807) is 24.3 Å². The van der Waals surface area contributed by atoms with Crippen LogP contribution in [0.2, 0.25) is 0 Å². The molecule has 0 saturated carbocycles. The van der Waals surface area contributed by atoms with Gasteiger partial charge in [-0.25, -0.2) is 4.79 Å². The molecule has 0 radical (unpaired) electrons.